The predicted octanol–water partition coefficient (Wildman–Crippen LogP) is 4.00. The molecule has 0 spiro atoms. The van der Waals surface area contributed by atoms with Crippen molar-refractivity contribution in [3.05, 3.63) is 34.3 Å². The molecule has 1 aromatic heterocycles. The minimum atomic E-state index is -4.25. The van der Waals surface area contributed by atoms with Crippen LogP contribution in [0.4, 0.5) is 13.2 Å². The zero-order valence-electron chi connectivity index (χ0n) is 10.00. The van der Waals surface area contributed by atoms with E-state index in [9.17, 15) is 18.0 Å². The van der Waals surface area contributed by atoms with E-state index in [4.69, 9.17) is 4.42 Å². The summed E-state index contributed by atoms with van der Waals surface area (Å²) in [5.41, 5.74) is 1.32. The third-order valence-corrected chi connectivity index (χ3v) is 3.63. The van der Waals surface area contributed by atoms with E-state index in [0.717, 1.165) is 0 Å². The summed E-state index contributed by atoms with van der Waals surface area (Å²) in [6, 6.07) is 4.63. The molecule has 1 aromatic carbocycles. The monoisotopic (exact) mass is 337 g/mol. The summed E-state index contributed by atoms with van der Waals surface area (Å²) in [7, 11) is 0. The van der Waals surface area contributed by atoms with Crippen LogP contribution in [0.15, 0.2) is 27.4 Å². The maximum absolute atomic E-state index is 12.3. The maximum atomic E-state index is 12.3. The van der Waals surface area contributed by atoms with E-state index in [1.807, 2.05) is 0 Å². The normalized spacial score (nSPS) is 13.9. The number of hydrogen-bond donors (Lipinski definition) is 0. The summed E-state index contributed by atoms with van der Waals surface area (Å²) >= 11 is 3.00. The Balaban J connectivity index is 2.40. The second-order valence-electron chi connectivity index (χ2n) is 4.13. The first-order valence-electron chi connectivity index (χ1n) is 5.66. The van der Waals surface area contributed by atoms with Gasteiger partial charge in [0, 0.05) is 11.4 Å². The largest absolute Gasteiger partial charge is 0.419 e. The number of halogens is 4. The molecule has 1 atom stereocenters. The van der Waals surface area contributed by atoms with Gasteiger partial charge in [0.1, 0.15) is 0 Å². The Hall–Kier alpha value is -1.24. The molecule has 2 rings (SSSR count). The van der Waals surface area contributed by atoms with Gasteiger partial charge in [0.2, 0.25) is 0 Å². The fourth-order valence-electron chi connectivity index (χ4n) is 1.90. The first-order chi connectivity index (χ1) is 8.81. The van der Waals surface area contributed by atoms with Crippen molar-refractivity contribution < 1.29 is 17.6 Å². The second-order valence-corrected chi connectivity index (χ2v) is 5.23. The first kappa shape index (κ1) is 14.2. The lowest BCUT2D eigenvalue weighted by molar-refractivity contribution is -0.134. The van der Waals surface area contributed by atoms with Gasteiger partial charge in [0.25, 0.3) is 0 Å². The Morgan fingerprint density at radius 3 is 2.68 bits per heavy atom. The molecule has 19 heavy (non-hydrogen) atoms. The fourth-order valence-corrected chi connectivity index (χ4v) is 2.55. The van der Waals surface area contributed by atoms with Gasteiger partial charge in [-0.25, -0.2) is 4.79 Å². The van der Waals surface area contributed by atoms with Crippen LogP contribution >= 0.6 is 15.9 Å². The number of nitrogens with zero attached hydrogens (tertiary/aromatic N) is 1. The van der Waals surface area contributed by atoms with Crippen molar-refractivity contribution in [3.63, 3.8) is 0 Å². The lowest BCUT2D eigenvalue weighted by Gasteiger charge is -2.12. The topological polar surface area (TPSA) is 35.1 Å². The Bertz CT molecular complexity index is 644. The van der Waals surface area contributed by atoms with Crippen LogP contribution in [-0.4, -0.2) is 10.7 Å². The Kier molecular flexibility index (Phi) is 3.75. The third kappa shape index (κ3) is 3.02. The number of aryl methyl sites for hydroxylation is 1. The molecule has 2 aromatic rings. The van der Waals surface area contributed by atoms with Crippen LogP contribution in [0.2, 0.25) is 0 Å². The van der Waals surface area contributed by atoms with Gasteiger partial charge in [-0.15, -0.1) is 0 Å². The Labute approximate surface area is 115 Å². The number of alkyl halides is 4. The summed E-state index contributed by atoms with van der Waals surface area (Å²) in [5.74, 6) is -0.503. The molecule has 0 aliphatic rings. The van der Waals surface area contributed by atoms with E-state index < -0.39 is 23.2 Å². The molecular weight excluding hydrogens is 327 g/mol. The number of rotatable bonds is 3. The van der Waals surface area contributed by atoms with Crippen molar-refractivity contribution in [1.82, 2.24) is 4.57 Å². The van der Waals surface area contributed by atoms with Crippen LogP contribution in [0, 0.1) is 0 Å². The average Bonchev–Trinajstić information content (AvgIpc) is 2.60. The van der Waals surface area contributed by atoms with E-state index in [0.29, 0.717) is 23.2 Å². The molecule has 1 heterocycles. The van der Waals surface area contributed by atoms with Gasteiger partial charge in [0.15, 0.2) is 5.58 Å². The molecule has 0 aliphatic carbocycles. The molecule has 7 heteroatoms. The highest BCUT2D eigenvalue weighted by Gasteiger charge is 2.31. The van der Waals surface area contributed by atoms with Gasteiger partial charge in [0.05, 0.1) is 11.9 Å². The second kappa shape index (κ2) is 5.03. The lowest BCUT2D eigenvalue weighted by Crippen LogP contribution is -2.12. The number of aromatic nitrogens is 1. The fraction of sp³-hybridized carbons (Fsp3) is 0.417. The summed E-state index contributed by atoms with van der Waals surface area (Å²) < 4.78 is 43.4. The number of hydrogen-bond acceptors (Lipinski definition) is 2. The van der Waals surface area contributed by atoms with Crippen molar-refractivity contribution in [2.75, 3.05) is 0 Å². The molecule has 0 saturated carbocycles. The van der Waals surface area contributed by atoms with Crippen LogP contribution in [0.25, 0.3) is 11.1 Å². The minimum Gasteiger partial charge on any atom is -0.408 e. The van der Waals surface area contributed by atoms with Crippen LogP contribution in [0.1, 0.15) is 23.7 Å². The van der Waals surface area contributed by atoms with E-state index in [-0.39, 0.29) is 0 Å². The first-order valence-corrected chi connectivity index (χ1v) is 6.57. The zero-order chi connectivity index (χ0) is 14.2. The molecule has 3 nitrogen and oxygen atoms in total. The van der Waals surface area contributed by atoms with Gasteiger partial charge in [-0.05, 0) is 24.6 Å². The smallest absolute Gasteiger partial charge is 0.408 e. The van der Waals surface area contributed by atoms with Gasteiger partial charge >= 0.3 is 11.9 Å². The molecule has 0 bridgehead atoms. The van der Waals surface area contributed by atoms with Crippen LogP contribution in [0.5, 0.6) is 0 Å². The average molecular weight is 338 g/mol. The lowest BCUT2D eigenvalue weighted by atomic mass is 10.1. The highest BCUT2D eigenvalue weighted by Crippen LogP contribution is 2.36. The highest BCUT2D eigenvalue weighted by atomic mass is 79.9. The quantitative estimate of drug-likeness (QED) is 0.793. The SMILES string of the molecule is CCn1c(=O)oc2cc(C(Br)CC(F)(F)F)ccc21. The van der Waals surface area contributed by atoms with Crippen molar-refractivity contribution in [2.45, 2.75) is 30.9 Å². The molecule has 0 saturated heterocycles. The molecule has 1 unspecified atom stereocenters. The zero-order valence-corrected chi connectivity index (χ0v) is 11.6. The van der Waals surface area contributed by atoms with Crippen molar-refractivity contribution in [3.8, 4) is 0 Å². The van der Waals surface area contributed by atoms with E-state index >= 15 is 0 Å². The van der Waals surface area contributed by atoms with Gasteiger partial charge in [-0.1, -0.05) is 22.0 Å². The van der Waals surface area contributed by atoms with Gasteiger partial charge in [-0.3, -0.25) is 4.57 Å². The van der Waals surface area contributed by atoms with Crippen molar-refractivity contribution in [2.24, 2.45) is 0 Å². The van der Waals surface area contributed by atoms with E-state index in [2.05, 4.69) is 15.9 Å². The molecule has 0 N–H and O–H groups in total. The van der Waals surface area contributed by atoms with Crippen LogP contribution in [-0.2, 0) is 6.54 Å². The van der Waals surface area contributed by atoms with Gasteiger partial charge in [-0.2, -0.15) is 13.2 Å². The number of oxazole rings is 1. The van der Waals surface area contributed by atoms with Crippen molar-refractivity contribution >= 4 is 27.0 Å². The van der Waals surface area contributed by atoms with Crippen LogP contribution in [0.3, 0.4) is 0 Å². The Morgan fingerprint density at radius 1 is 1.42 bits per heavy atom. The molecule has 0 radical (unpaired) electrons. The summed E-state index contributed by atoms with van der Waals surface area (Å²) in [6.07, 6.45) is -5.23. The minimum absolute atomic E-state index is 0.302. The summed E-state index contributed by atoms with van der Waals surface area (Å²) in [5, 5.41) is 0. The van der Waals surface area contributed by atoms with Gasteiger partial charge < -0.3 is 4.42 Å². The molecule has 0 amide bonds. The van der Waals surface area contributed by atoms with E-state index in [1.54, 1.807) is 19.1 Å². The number of fused-ring (bicyclic) bond motifs is 1. The van der Waals surface area contributed by atoms with Crippen LogP contribution < -0.4 is 5.76 Å². The number of benzene rings is 1. The molecule has 0 aliphatic heterocycles. The molecular formula is C12H11BrF3NO2. The molecule has 0 fully saturated rings. The van der Waals surface area contributed by atoms with Crippen molar-refractivity contribution in [1.29, 1.82) is 0 Å². The van der Waals surface area contributed by atoms with E-state index in [1.165, 1.54) is 10.6 Å². The predicted molar refractivity (Wildman–Crippen MR) is 68.5 cm³/mol. The standard InChI is InChI=1S/C12H11BrF3NO2/c1-2-17-9-4-3-7(5-10(9)19-11(17)18)8(13)6-12(14,15)16/h3-5,8H,2,6H2,1H3. The maximum Gasteiger partial charge on any atom is 0.419 e. The third-order valence-electron chi connectivity index (χ3n) is 2.78. The summed E-state index contributed by atoms with van der Waals surface area (Å²) in [6.45, 7) is 2.24. The Morgan fingerprint density at radius 2 is 2.11 bits per heavy atom. The summed E-state index contributed by atoms with van der Waals surface area (Å²) in [4.78, 5) is 10.6. The molecule has 104 valence electrons. The highest BCUT2D eigenvalue weighted by molar-refractivity contribution is 9.09.